The molecule has 0 amide bonds. The SMILES string of the molecule is Cc1cccc(Cc2nccc3ccccc23)c1. The van der Waals surface area contributed by atoms with Crippen molar-refractivity contribution in [3.05, 3.63) is 77.6 Å². The largest absolute Gasteiger partial charge is 0.260 e. The quantitative estimate of drug-likeness (QED) is 0.648. The van der Waals surface area contributed by atoms with Crippen LogP contribution in [0.3, 0.4) is 0 Å². The van der Waals surface area contributed by atoms with Gasteiger partial charge < -0.3 is 0 Å². The third-order valence-electron chi connectivity index (χ3n) is 3.21. The molecule has 2 aromatic carbocycles. The van der Waals surface area contributed by atoms with Crippen LogP contribution in [0.4, 0.5) is 0 Å². The molecule has 0 spiro atoms. The fourth-order valence-electron chi connectivity index (χ4n) is 2.34. The van der Waals surface area contributed by atoms with Gasteiger partial charge in [0.15, 0.2) is 0 Å². The second kappa shape index (κ2) is 4.61. The predicted octanol–water partition coefficient (Wildman–Crippen LogP) is 4.13. The molecule has 3 rings (SSSR count). The molecule has 1 heteroatoms. The Bertz CT molecular complexity index is 681. The molecule has 88 valence electrons. The number of aromatic nitrogens is 1. The topological polar surface area (TPSA) is 12.9 Å². The molecule has 1 aromatic heterocycles. The third-order valence-corrected chi connectivity index (χ3v) is 3.21. The van der Waals surface area contributed by atoms with Crippen LogP contribution >= 0.6 is 0 Å². The minimum Gasteiger partial charge on any atom is -0.260 e. The van der Waals surface area contributed by atoms with E-state index in [1.165, 1.54) is 21.9 Å². The van der Waals surface area contributed by atoms with Gasteiger partial charge in [0.2, 0.25) is 0 Å². The van der Waals surface area contributed by atoms with Crippen LogP contribution in [0.1, 0.15) is 16.8 Å². The summed E-state index contributed by atoms with van der Waals surface area (Å²) >= 11 is 0. The molecule has 0 bridgehead atoms. The van der Waals surface area contributed by atoms with E-state index in [0.29, 0.717) is 0 Å². The van der Waals surface area contributed by atoms with E-state index in [9.17, 15) is 0 Å². The molecular formula is C17H15N. The summed E-state index contributed by atoms with van der Waals surface area (Å²) in [6.07, 6.45) is 2.79. The van der Waals surface area contributed by atoms with Crippen LogP contribution < -0.4 is 0 Å². The maximum Gasteiger partial charge on any atom is 0.0525 e. The Labute approximate surface area is 107 Å². The Kier molecular flexibility index (Phi) is 2.81. The van der Waals surface area contributed by atoms with Crippen LogP contribution in [0.2, 0.25) is 0 Å². The lowest BCUT2D eigenvalue weighted by atomic mass is 10.0. The first-order valence-corrected chi connectivity index (χ1v) is 6.21. The second-order valence-electron chi connectivity index (χ2n) is 4.64. The Morgan fingerprint density at radius 3 is 2.72 bits per heavy atom. The fourth-order valence-corrected chi connectivity index (χ4v) is 2.34. The van der Waals surface area contributed by atoms with Crippen molar-refractivity contribution < 1.29 is 0 Å². The van der Waals surface area contributed by atoms with E-state index in [2.05, 4.69) is 66.5 Å². The molecule has 1 heterocycles. The molecule has 3 aromatic rings. The van der Waals surface area contributed by atoms with Gasteiger partial charge in [0.25, 0.3) is 0 Å². The second-order valence-corrected chi connectivity index (χ2v) is 4.64. The molecule has 1 nitrogen and oxygen atoms in total. The highest BCUT2D eigenvalue weighted by Crippen LogP contribution is 2.19. The van der Waals surface area contributed by atoms with Crippen molar-refractivity contribution in [2.24, 2.45) is 0 Å². The van der Waals surface area contributed by atoms with Gasteiger partial charge in [-0.2, -0.15) is 0 Å². The van der Waals surface area contributed by atoms with E-state index in [1.807, 2.05) is 6.20 Å². The molecule has 0 saturated heterocycles. The molecule has 0 N–H and O–H groups in total. The smallest absolute Gasteiger partial charge is 0.0525 e. The van der Waals surface area contributed by atoms with Crippen LogP contribution in [0, 0.1) is 6.92 Å². The van der Waals surface area contributed by atoms with Gasteiger partial charge in [-0.1, -0.05) is 54.1 Å². The van der Waals surface area contributed by atoms with E-state index in [4.69, 9.17) is 0 Å². The number of pyridine rings is 1. The van der Waals surface area contributed by atoms with E-state index in [1.54, 1.807) is 0 Å². The molecule has 0 unspecified atom stereocenters. The lowest BCUT2D eigenvalue weighted by Gasteiger charge is -2.06. The predicted molar refractivity (Wildman–Crippen MR) is 75.7 cm³/mol. The molecule has 0 radical (unpaired) electrons. The highest BCUT2D eigenvalue weighted by molar-refractivity contribution is 5.84. The highest BCUT2D eigenvalue weighted by Gasteiger charge is 2.03. The first kappa shape index (κ1) is 11.0. The van der Waals surface area contributed by atoms with Gasteiger partial charge in [-0.15, -0.1) is 0 Å². The van der Waals surface area contributed by atoms with Crippen LogP contribution in [0.25, 0.3) is 10.8 Å². The van der Waals surface area contributed by atoms with E-state index >= 15 is 0 Å². The van der Waals surface area contributed by atoms with Crippen LogP contribution in [0.15, 0.2) is 60.8 Å². The van der Waals surface area contributed by atoms with Gasteiger partial charge in [0.05, 0.1) is 5.69 Å². The van der Waals surface area contributed by atoms with Crippen LogP contribution in [0.5, 0.6) is 0 Å². The standard InChI is InChI=1S/C17H15N/c1-13-5-4-6-14(11-13)12-17-16-8-3-2-7-15(16)9-10-18-17/h2-11H,12H2,1H3. The zero-order valence-electron chi connectivity index (χ0n) is 10.4. The number of benzene rings is 2. The first-order chi connectivity index (χ1) is 8.83. The molecule has 18 heavy (non-hydrogen) atoms. The summed E-state index contributed by atoms with van der Waals surface area (Å²) in [6, 6.07) is 19.1. The zero-order valence-corrected chi connectivity index (χ0v) is 10.4. The number of hydrogen-bond donors (Lipinski definition) is 0. The van der Waals surface area contributed by atoms with Gasteiger partial charge in [0, 0.05) is 18.0 Å². The number of aryl methyl sites for hydroxylation is 1. The van der Waals surface area contributed by atoms with Crippen molar-refractivity contribution in [3.8, 4) is 0 Å². The Hall–Kier alpha value is -2.15. The van der Waals surface area contributed by atoms with Crippen LogP contribution in [-0.2, 0) is 6.42 Å². The summed E-state index contributed by atoms with van der Waals surface area (Å²) < 4.78 is 0. The van der Waals surface area contributed by atoms with Gasteiger partial charge in [-0.25, -0.2) is 0 Å². The van der Waals surface area contributed by atoms with Gasteiger partial charge in [-0.05, 0) is 23.9 Å². The average Bonchev–Trinajstić information content (AvgIpc) is 2.39. The fraction of sp³-hybridized carbons (Fsp3) is 0.118. The molecule has 0 atom stereocenters. The molecule has 0 aliphatic rings. The van der Waals surface area contributed by atoms with Gasteiger partial charge in [0.1, 0.15) is 0 Å². The number of hydrogen-bond acceptors (Lipinski definition) is 1. The van der Waals surface area contributed by atoms with Crippen molar-refractivity contribution in [1.29, 1.82) is 0 Å². The Morgan fingerprint density at radius 2 is 1.83 bits per heavy atom. The van der Waals surface area contributed by atoms with Gasteiger partial charge in [-0.3, -0.25) is 4.98 Å². The number of fused-ring (bicyclic) bond motifs is 1. The minimum atomic E-state index is 0.892. The van der Waals surface area contributed by atoms with E-state index in [0.717, 1.165) is 12.1 Å². The Morgan fingerprint density at radius 1 is 0.944 bits per heavy atom. The maximum atomic E-state index is 4.53. The lowest BCUT2D eigenvalue weighted by Crippen LogP contribution is -1.93. The van der Waals surface area contributed by atoms with Crippen molar-refractivity contribution >= 4 is 10.8 Å². The maximum absolute atomic E-state index is 4.53. The van der Waals surface area contributed by atoms with Crippen molar-refractivity contribution in [2.75, 3.05) is 0 Å². The minimum absolute atomic E-state index is 0.892. The number of rotatable bonds is 2. The monoisotopic (exact) mass is 233 g/mol. The normalized spacial score (nSPS) is 10.7. The average molecular weight is 233 g/mol. The molecular weight excluding hydrogens is 218 g/mol. The van der Waals surface area contributed by atoms with Crippen LogP contribution in [-0.4, -0.2) is 4.98 Å². The summed E-state index contributed by atoms with van der Waals surface area (Å²) in [6.45, 7) is 2.13. The molecule has 0 saturated carbocycles. The summed E-state index contributed by atoms with van der Waals surface area (Å²) in [4.78, 5) is 4.53. The first-order valence-electron chi connectivity index (χ1n) is 6.21. The zero-order chi connectivity index (χ0) is 12.4. The molecule has 0 aliphatic heterocycles. The number of nitrogens with zero attached hydrogens (tertiary/aromatic N) is 1. The van der Waals surface area contributed by atoms with Crippen molar-refractivity contribution in [2.45, 2.75) is 13.3 Å². The summed E-state index contributed by atoms with van der Waals surface area (Å²) in [5.41, 5.74) is 3.77. The van der Waals surface area contributed by atoms with Crippen molar-refractivity contribution in [3.63, 3.8) is 0 Å². The summed E-state index contributed by atoms with van der Waals surface area (Å²) in [5, 5.41) is 2.51. The summed E-state index contributed by atoms with van der Waals surface area (Å²) in [5.74, 6) is 0. The molecule has 0 fully saturated rings. The van der Waals surface area contributed by atoms with E-state index in [-0.39, 0.29) is 0 Å². The Balaban J connectivity index is 2.05. The highest BCUT2D eigenvalue weighted by atomic mass is 14.7. The summed E-state index contributed by atoms with van der Waals surface area (Å²) in [7, 11) is 0. The third kappa shape index (κ3) is 2.12. The lowest BCUT2D eigenvalue weighted by molar-refractivity contribution is 1.09. The van der Waals surface area contributed by atoms with Crippen molar-refractivity contribution in [1.82, 2.24) is 4.98 Å². The van der Waals surface area contributed by atoms with E-state index < -0.39 is 0 Å². The molecule has 0 aliphatic carbocycles. The van der Waals surface area contributed by atoms with Gasteiger partial charge >= 0.3 is 0 Å².